The van der Waals surface area contributed by atoms with Gasteiger partial charge in [-0.05, 0) is 80.0 Å². The van der Waals surface area contributed by atoms with E-state index in [1.807, 2.05) is 18.2 Å². The predicted octanol–water partition coefficient (Wildman–Crippen LogP) is 4.48. The molecule has 2 amide bonds. The fraction of sp³-hybridized carbons (Fsp3) is 0.395. The number of imide groups is 1. The molecule has 12 nitrogen and oxygen atoms in total. The maximum atomic E-state index is 14.0. The third kappa shape index (κ3) is 6.42. The maximum Gasteiger partial charge on any atom is 0.249 e. The first-order valence-electron chi connectivity index (χ1n) is 17.8. The molecule has 8 rings (SSSR count). The summed E-state index contributed by atoms with van der Waals surface area (Å²) in [6.07, 6.45) is 7.02. The van der Waals surface area contributed by atoms with Gasteiger partial charge in [-0.3, -0.25) is 24.8 Å². The Bertz CT molecular complexity index is 1960. The number of nitrogens with one attached hydrogen (secondary N) is 1. The van der Waals surface area contributed by atoms with Gasteiger partial charge in [0.15, 0.2) is 17.4 Å². The highest BCUT2D eigenvalue weighted by Crippen LogP contribution is 2.45. The minimum Gasteiger partial charge on any atom is -0.504 e. The fourth-order valence-corrected chi connectivity index (χ4v) is 8.24. The van der Waals surface area contributed by atoms with Crippen molar-refractivity contribution < 1.29 is 23.8 Å². The van der Waals surface area contributed by atoms with Crippen molar-refractivity contribution in [2.24, 2.45) is 0 Å². The molecule has 4 aromatic rings. The van der Waals surface area contributed by atoms with E-state index in [1.54, 1.807) is 18.3 Å². The van der Waals surface area contributed by atoms with E-state index in [1.165, 1.54) is 17.7 Å². The average molecular weight is 693 g/mol. The number of nitrogen functional groups attached to an aromatic ring is 1. The zero-order valence-electron chi connectivity index (χ0n) is 28.3. The molecule has 13 heteroatoms. The highest BCUT2D eigenvalue weighted by molar-refractivity contribution is 6.02. The lowest BCUT2D eigenvalue weighted by atomic mass is 9.80. The molecule has 1 saturated carbocycles. The molecule has 3 fully saturated rings. The SMILES string of the molecule is Nc1nnc(-c2cccc(F)c2O)cc1-c1cc(N2CCN([C@H]3CC[C@H](c4cccc5c4OCCN5[C@@H]4CCC(=O)NC4=O)CC3)CC2)ccn1. The average Bonchev–Trinajstić information content (AvgIpc) is 3.16. The van der Waals surface area contributed by atoms with E-state index in [-0.39, 0.29) is 29.2 Å². The van der Waals surface area contributed by atoms with Crippen molar-refractivity contribution in [2.45, 2.75) is 56.5 Å². The van der Waals surface area contributed by atoms with Crippen LogP contribution in [0.5, 0.6) is 11.5 Å². The third-order valence-electron chi connectivity index (χ3n) is 10.9. The zero-order chi connectivity index (χ0) is 35.1. The van der Waals surface area contributed by atoms with Crippen molar-refractivity contribution >= 4 is 29.0 Å². The van der Waals surface area contributed by atoms with Crippen LogP contribution in [0.4, 0.5) is 21.6 Å². The molecule has 2 saturated heterocycles. The monoisotopic (exact) mass is 692 g/mol. The van der Waals surface area contributed by atoms with Gasteiger partial charge in [-0.1, -0.05) is 18.2 Å². The standard InChI is InChI=1S/C38H41FN8O4/c39-29-5-1-4-27(35(29)49)31-22-28(37(40)44-43-31)30-21-25(13-14-41-30)46-17-15-45(16-18-46)24-9-7-23(8-10-24)26-3-2-6-32-36(26)51-20-19-47(32)33-11-12-34(48)42-38(33)50/h1-6,13-14,21-24,33,49H,7-12,15-20H2,(H2,40,44)(H,42,48,50)/t23-,24-,33-/m1/s1. The molecule has 5 heterocycles. The molecule has 1 atom stereocenters. The van der Waals surface area contributed by atoms with Crippen LogP contribution in [0.25, 0.3) is 22.5 Å². The maximum absolute atomic E-state index is 14.0. The zero-order valence-corrected chi connectivity index (χ0v) is 28.3. The first-order chi connectivity index (χ1) is 24.8. The lowest BCUT2D eigenvalue weighted by Crippen LogP contribution is -2.54. The van der Waals surface area contributed by atoms with Gasteiger partial charge >= 0.3 is 0 Å². The summed E-state index contributed by atoms with van der Waals surface area (Å²) < 4.78 is 20.3. The number of benzene rings is 2. The van der Waals surface area contributed by atoms with E-state index in [2.05, 4.69) is 47.3 Å². The highest BCUT2D eigenvalue weighted by atomic mass is 19.1. The number of amides is 2. The number of aromatic hydroxyl groups is 1. The minimum absolute atomic E-state index is 0.200. The van der Waals surface area contributed by atoms with Crippen molar-refractivity contribution in [3.8, 4) is 34.0 Å². The number of piperazine rings is 1. The van der Waals surface area contributed by atoms with E-state index >= 15 is 0 Å². The van der Waals surface area contributed by atoms with Crippen LogP contribution in [0.15, 0.2) is 60.8 Å². The Morgan fingerprint density at radius 3 is 2.49 bits per heavy atom. The van der Waals surface area contributed by atoms with E-state index in [0.717, 1.165) is 69.0 Å². The van der Waals surface area contributed by atoms with Crippen LogP contribution in [-0.4, -0.2) is 88.4 Å². The summed E-state index contributed by atoms with van der Waals surface area (Å²) in [5, 5.41) is 20.9. The van der Waals surface area contributed by atoms with E-state index in [0.29, 0.717) is 54.9 Å². The lowest BCUT2D eigenvalue weighted by molar-refractivity contribution is -0.134. The van der Waals surface area contributed by atoms with Crippen LogP contribution in [-0.2, 0) is 9.59 Å². The summed E-state index contributed by atoms with van der Waals surface area (Å²) in [6, 6.07) is 16.4. The van der Waals surface area contributed by atoms with Crippen molar-refractivity contribution in [2.75, 3.05) is 54.9 Å². The van der Waals surface area contributed by atoms with Gasteiger partial charge in [-0.15, -0.1) is 10.2 Å². The minimum atomic E-state index is -0.732. The summed E-state index contributed by atoms with van der Waals surface area (Å²) >= 11 is 0. The van der Waals surface area contributed by atoms with Gasteiger partial charge in [-0.2, -0.15) is 0 Å². The number of hydrogen-bond donors (Lipinski definition) is 3. The number of para-hydroxylation sites is 2. The number of ether oxygens (including phenoxy) is 1. The quantitative estimate of drug-likeness (QED) is 0.246. The molecule has 4 aliphatic rings. The number of hydrogen-bond acceptors (Lipinski definition) is 11. The molecule has 264 valence electrons. The van der Waals surface area contributed by atoms with Crippen LogP contribution >= 0.6 is 0 Å². The van der Waals surface area contributed by atoms with Gasteiger partial charge in [0.1, 0.15) is 18.4 Å². The van der Waals surface area contributed by atoms with Gasteiger partial charge in [0.2, 0.25) is 11.8 Å². The number of piperidine rings is 1. The second-order valence-corrected chi connectivity index (χ2v) is 13.8. The second kappa shape index (κ2) is 13.8. The van der Waals surface area contributed by atoms with Crippen molar-refractivity contribution in [3.05, 3.63) is 72.2 Å². The highest BCUT2D eigenvalue weighted by Gasteiger charge is 2.37. The fourth-order valence-electron chi connectivity index (χ4n) is 8.24. The van der Waals surface area contributed by atoms with Gasteiger partial charge in [0.25, 0.3) is 0 Å². The Morgan fingerprint density at radius 1 is 0.882 bits per heavy atom. The molecule has 4 N–H and O–H groups in total. The third-order valence-corrected chi connectivity index (χ3v) is 10.9. The number of nitrogens with two attached hydrogens (primary N) is 1. The van der Waals surface area contributed by atoms with Crippen molar-refractivity contribution in [1.82, 2.24) is 25.4 Å². The Labute approximate surface area is 295 Å². The molecule has 2 aromatic heterocycles. The number of phenols is 1. The molecule has 0 bridgehead atoms. The van der Waals surface area contributed by atoms with E-state index in [4.69, 9.17) is 10.5 Å². The molecular formula is C38H41FN8O4. The van der Waals surface area contributed by atoms with E-state index in [9.17, 15) is 19.1 Å². The molecule has 0 radical (unpaired) electrons. The Morgan fingerprint density at radius 2 is 1.69 bits per heavy atom. The van der Waals surface area contributed by atoms with Gasteiger partial charge in [0, 0.05) is 61.7 Å². The Hall–Kier alpha value is -5.30. The van der Waals surface area contributed by atoms with Crippen LogP contribution in [0.1, 0.15) is 50.0 Å². The molecule has 1 aliphatic carbocycles. The number of halogens is 1. The summed E-state index contributed by atoms with van der Waals surface area (Å²) in [6.45, 7) is 4.82. The molecular weight excluding hydrogens is 651 g/mol. The first-order valence-corrected chi connectivity index (χ1v) is 17.8. The lowest BCUT2D eigenvalue weighted by Gasteiger charge is -2.43. The number of phenolic OH excluding ortho intramolecular Hbond substituents is 1. The molecule has 2 aromatic carbocycles. The summed E-state index contributed by atoms with van der Waals surface area (Å²) in [4.78, 5) is 36.1. The van der Waals surface area contributed by atoms with Crippen molar-refractivity contribution in [1.29, 1.82) is 0 Å². The molecule has 0 spiro atoms. The van der Waals surface area contributed by atoms with Crippen LogP contribution in [0.3, 0.4) is 0 Å². The number of aromatic nitrogens is 3. The van der Waals surface area contributed by atoms with Crippen LogP contribution in [0, 0.1) is 5.82 Å². The van der Waals surface area contributed by atoms with Gasteiger partial charge < -0.3 is 25.4 Å². The van der Waals surface area contributed by atoms with Crippen LogP contribution in [0.2, 0.25) is 0 Å². The first kappa shape index (κ1) is 32.9. The normalized spacial score (nSPS) is 22.6. The number of carbonyl (C=O) groups is 2. The Balaban J connectivity index is 0.900. The molecule has 3 aliphatic heterocycles. The number of pyridine rings is 1. The summed E-state index contributed by atoms with van der Waals surface area (Å²) in [5.41, 5.74) is 11.2. The molecule has 0 unspecified atom stereocenters. The predicted molar refractivity (Wildman–Crippen MR) is 191 cm³/mol. The van der Waals surface area contributed by atoms with Gasteiger partial charge in [-0.25, -0.2) is 4.39 Å². The van der Waals surface area contributed by atoms with Gasteiger partial charge in [0.05, 0.1) is 23.6 Å². The topological polar surface area (TPSA) is 150 Å². The largest absolute Gasteiger partial charge is 0.504 e. The van der Waals surface area contributed by atoms with Crippen LogP contribution < -0.4 is 25.6 Å². The summed E-state index contributed by atoms with van der Waals surface area (Å²) in [7, 11) is 0. The van der Waals surface area contributed by atoms with Crippen molar-refractivity contribution in [3.63, 3.8) is 0 Å². The number of anilines is 3. The molecule has 51 heavy (non-hydrogen) atoms. The number of carbonyl (C=O) groups excluding carboxylic acids is 2. The second-order valence-electron chi connectivity index (χ2n) is 13.8. The van der Waals surface area contributed by atoms with E-state index < -0.39 is 11.6 Å². The smallest absolute Gasteiger partial charge is 0.249 e. The Kier molecular flexibility index (Phi) is 8.89. The summed E-state index contributed by atoms with van der Waals surface area (Å²) in [5.74, 6) is -0.137. The number of fused-ring (bicyclic) bond motifs is 1. The number of nitrogens with zero attached hydrogens (tertiary/aromatic N) is 6. The number of rotatable bonds is 6.